The maximum atomic E-state index is 10.9. The first-order valence-corrected chi connectivity index (χ1v) is 7.55. The van der Waals surface area contributed by atoms with Gasteiger partial charge in [0.25, 0.3) is 5.69 Å². The van der Waals surface area contributed by atoms with Gasteiger partial charge in [-0.1, -0.05) is 25.8 Å². The summed E-state index contributed by atoms with van der Waals surface area (Å²) >= 11 is 3.20. The van der Waals surface area contributed by atoms with Crippen LogP contribution in [0.2, 0.25) is 0 Å². The number of benzene rings is 1. The molecule has 19 heavy (non-hydrogen) atoms. The zero-order chi connectivity index (χ0) is 13.8. The third kappa shape index (κ3) is 4.28. The molecule has 1 N–H and O–H groups in total. The molecular weight excluding hydrogens is 308 g/mol. The number of nitro groups is 1. The Bertz CT molecular complexity index is 461. The van der Waals surface area contributed by atoms with Crippen LogP contribution in [-0.2, 0) is 6.54 Å². The molecule has 1 aromatic carbocycles. The third-order valence-corrected chi connectivity index (χ3v) is 4.28. The van der Waals surface area contributed by atoms with Crippen LogP contribution in [0.4, 0.5) is 5.69 Å². The average Bonchev–Trinajstić information content (AvgIpc) is 3.19. The largest absolute Gasteiger partial charge is 0.310 e. The molecule has 1 aliphatic carbocycles. The Hall–Kier alpha value is -0.940. The number of rotatable bonds is 7. The van der Waals surface area contributed by atoms with Crippen molar-refractivity contribution >= 4 is 21.6 Å². The van der Waals surface area contributed by atoms with Gasteiger partial charge in [0.15, 0.2) is 0 Å². The van der Waals surface area contributed by atoms with E-state index in [4.69, 9.17) is 0 Å². The smallest absolute Gasteiger partial charge is 0.283 e. The van der Waals surface area contributed by atoms with Gasteiger partial charge in [0.2, 0.25) is 0 Å². The number of nitrogens with zero attached hydrogens (tertiary/aromatic N) is 1. The van der Waals surface area contributed by atoms with E-state index in [0.717, 1.165) is 17.9 Å². The minimum atomic E-state index is -0.352. The van der Waals surface area contributed by atoms with Crippen LogP contribution in [0.3, 0.4) is 0 Å². The van der Waals surface area contributed by atoms with Gasteiger partial charge >= 0.3 is 0 Å². The fraction of sp³-hybridized carbons (Fsp3) is 0.571. The van der Waals surface area contributed by atoms with E-state index < -0.39 is 0 Å². The second-order valence-corrected chi connectivity index (χ2v) is 6.06. The quantitative estimate of drug-likeness (QED) is 0.608. The first-order valence-electron chi connectivity index (χ1n) is 6.76. The zero-order valence-corrected chi connectivity index (χ0v) is 12.6. The van der Waals surface area contributed by atoms with Gasteiger partial charge in [0, 0.05) is 18.7 Å². The molecule has 5 heteroatoms. The Morgan fingerprint density at radius 1 is 1.53 bits per heavy atom. The van der Waals surface area contributed by atoms with Crippen LogP contribution in [0.25, 0.3) is 0 Å². The minimum Gasteiger partial charge on any atom is -0.310 e. The summed E-state index contributed by atoms with van der Waals surface area (Å²) in [5, 5.41) is 14.4. The molecule has 0 radical (unpaired) electrons. The number of nitro benzene ring substituents is 1. The maximum absolute atomic E-state index is 10.9. The predicted molar refractivity (Wildman–Crippen MR) is 79.1 cm³/mol. The lowest BCUT2D eigenvalue weighted by molar-refractivity contribution is -0.385. The van der Waals surface area contributed by atoms with Crippen molar-refractivity contribution in [3.63, 3.8) is 0 Å². The van der Waals surface area contributed by atoms with E-state index >= 15 is 0 Å². The molecule has 0 spiro atoms. The van der Waals surface area contributed by atoms with Gasteiger partial charge in [-0.3, -0.25) is 10.1 Å². The molecule has 0 amide bonds. The fourth-order valence-electron chi connectivity index (χ4n) is 2.22. The molecule has 0 heterocycles. The first kappa shape index (κ1) is 14.5. The second kappa shape index (κ2) is 6.48. The number of halogens is 1. The fourth-order valence-corrected chi connectivity index (χ4v) is 2.61. The van der Waals surface area contributed by atoms with E-state index in [-0.39, 0.29) is 10.6 Å². The summed E-state index contributed by atoms with van der Waals surface area (Å²) in [5.41, 5.74) is 1.10. The normalized spacial score (nSPS) is 16.3. The highest BCUT2D eigenvalue weighted by Crippen LogP contribution is 2.34. The average molecular weight is 327 g/mol. The highest BCUT2D eigenvalue weighted by atomic mass is 79.9. The summed E-state index contributed by atoms with van der Waals surface area (Å²) in [6.07, 6.45) is 5.06. The Morgan fingerprint density at radius 2 is 2.26 bits per heavy atom. The minimum absolute atomic E-state index is 0.134. The van der Waals surface area contributed by atoms with Crippen molar-refractivity contribution in [2.45, 2.75) is 45.2 Å². The SMILES string of the molecule is CCC(CC1CC1)NCc1ccc(Br)c([N+](=O)[O-])c1. The first-order chi connectivity index (χ1) is 9.10. The van der Waals surface area contributed by atoms with Gasteiger partial charge in [0.05, 0.1) is 9.40 Å². The van der Waals surface area contributed by atoms with Crippen molar-refractivity contribution in [3.05, 3.63) is 38.3 Å². The van der Waals surface area contributed by atoms with Crippen LogP contribution in [-0.4, -0.2) is 11.0 Å². The topological polar surface area (TPSA) is 55.2 Å². The van der Waals surface area contributed by atoms with Crippen molar-refractivity contribution in [2.75, 3.05) is 0 Å². The second-order valence-electron chi connectivity index (χ2n) is 5.21. The van der Waals surface area contributed by atoms with Gasteiger partial charge in [-0.25, -0.2) is 0 Å². The van der Waals surface area contributed by atoms with E-state index in [2.05, 4.69) is 28.2 Å². The molecule has 2 rings (SSSR count). The van der Waals surface area contributed by atoms with Gasteiger partial charge < -0.3 is 5.32 Å². The molecule has 1 aromatic rings. The molecular formula is C14H19BrN2O2. The maximum Gasteiger partial charge on any atom is 0.283 e. The third-order valence-electron chi connectivity index (χ3n) is 3.61. The number of nitrogens with one attached hydrogen (secondary N) is 1. The molecule has 1 aliphatic rings. The van der Waals surface area contributed by atoms with E-state index in [1.165, 1.54) is 19.3 Å². The van der Waals surface area contributed by atoms with Crippen LogP contribution in [0.15, 0.2) is 22.7 Å². The number of hydrogen-bond acceptors (Lipinski definition) is 3. The van der Waals surface area contributed by atoms with Crippen LogP contribution in [0.5, 0.6) is 0 Å². The van der Waals surface area contributed by atoms with Crippen LogP contribution in [0.1, 0.15) is 38.2 Å². The van der Waals surface area contributed by atoms with Crippen molar-refractivity contribution in [1.29, 1.82) is 0 Å². The van der Waals surface area contributed by atoms with Crippen molar-refractivity contribution < 1.29 is 4.92 Å². The van der Waals surface area contributed by atoms with Gasteiger partial charge in [-0.05, 0) is 46.3 Å². The molecule has 0 aliphatic heterocycles. The Labute approximate surface area is 121 Å². The lowest BCUT2D eigenvalue weighted by Crippen LogP contribution is -2.28. The van der Waals surface area contributed by atoms with E-state index in [9.17, 15) is 10.1 Å². The van der Waals surface area contributed by atoms with Crippen molar-refractivity contribution in [1.82, 2.24) is 5.32 Å². The molecule has 0 bridgehead atoms. The summed E-state index contributed by atoms with van der Waals surface area (Å²) in [6.45, 7) is 2.88. The standard InChI is InChI=1S/C14H19BrN2O2/c1-2-12(7-10-3-4-10)16-9-11-5-6-13(15)14(8-11)17(18)19/h5-6,8,10,12,16H,2-4,7,9H2,1H3. The van der Waals surface area contributed by atoms with E-state index in [1.54, 1.807) is 12.1 Å². The van der Waals surface area contributed by atoms with Gasteiger partial charge in [0.1, 0.15) is 0 Å². The van der Waals surface area contributed by atoms with Gasteiger partial charge in [-0.2, -0.15) is 0 Å². The van der Waals surface area contributed by atoms with E-state index in [0.29, 0.717) is 17.1 Å². The molecule has 0 saturated heterocycles. The molecule has 0 aromatic heterocycles. The summed E-state index contributed by atoms with van der Waals surface area (Å²) in [4.78, 5) is 10.5. The molecule has 1 unspecified atom stereocenters. The molecule has 1 atom stereocenters. The Morgan fingerprint density at radius 3 is 2.84 bits per heavy atom. The van der Waals surface area contributed by atoms with E-state index in [1.807, 2.05) is 6.07 Å². The Balaban J connectivity index is 1.94. The number of hydrogen-bond donors (Lipinski definition) is 1. The van der Waals surface area contributed by atoms with Crippen LogP contribution in [0, 0.1) is 16.0 Å². The molecule has 1 fully saturated rings. The summed E-state index contributed by atoms with van der Waals surface area (Å²) in [5.74, 6) is 0.900. The van der Waals surface area contributed by atoms with Crippen molar-refractivity contribution in [3.8, 4) is 0 Å². The van der Waals surface area contributed by atoms with Gasteiger partial charge in [-0.15, -0.1) is 0 Å². The lowest BCUT2D eigenvalue weighted by atomic mass is 10.1. The summed E-state index contributed by atoms with van der Waals surface area (Å²) in [7, 11) is 0. The Kier molecular flexibility index (Phi) is 4.93. The summed E-state index contributed by atoms with van der Waals surface area (Å²) < 4.78 is 0.534. The highest BCUT2D eigenvalue weighted by molar-refractivity contribution is 9.10. The zero-order valence-electron chi connectivity index (χ0n) is 11.1. The highest BCUT2D eigenvalue weighted by Gasteiger charge is 2.24. The monoisotopic (exact) mass is 326 g/mol. The predicted octanol–water partition coefficient (Wildman–Crippen LogP) is 4.03. The summed E-state index contributed by atoms with van der Waals surface area (Å²) in [6, 6.07) is 5.83. The lowest BCUT2D eigenvalue weighted by Gasteiger charge is -2.16. The van der Waals surface area contributed by atoms with Crippen LogP contribution < -0.4 is 5.32 Å². The molecule has 1 saturated carbocycles. The van der Waals surface area contributed by atoms with Crippen molar-refractivity contribution in [2.24, 2.45) is 5.92 Å². The molecule has 104 valence electrons. The van der Waals surface area contributed by atoms with Crippen LogP contribution >= 0.6 is 15.9 Å². The molecule has 4 nitrogen and oxygen atoms in total.